The van der Waals surface area contributed by atoms with Crippen LogP contribution in [0.2, 0.25) is 0 Å². The molecule has 1 fully saturated rings. The average molecular weight is 255 g/mol. The molecule has 88 valence electrons. The summed E-state index contributed by atoms with van der Waals surface area (Å²) in [4.78, 5) is 1.39. The van der Waals surface area contributed by atoms with Crippen LogP contribution in [-0.2, 0) is 5.88 Å². The minimum atomic E-state index is 0.619. The van der Waals surface area contributed by atoms with E-state index in [1.54, 1.807) is 0 Å². The van der Waals surface area contributed by atoms with E-state index < -0.39 is 0 Å². The minimum Gasteiger partial charge on any atom is -0.126 e. The van der Waals surface area contributed by atoms with Crippen LogP contribution in [0, 0.1) is 5.92 Å². The number of benzene rings is 1. The summed E-state index contributed by atoms with van der Waals surface area (Å²) < 4.78 is 0. The maximum atomic E-state index is 5.77. The Labute approximate surface area is 108 Å². The zero-order valence-corrected chi connectivity index (χ0v) is 11.2. The smallest absolute Gasteiger partial charge is 0.0474 e. The summed E-state index contributed by atoms with van der Waals surface area (Å²) in [6, 6.07) is 8.67. The van der Waals surface area contributed by atoms with Crippen LogP contribution < -0.4 is 0 Å². The first kappa shape index (κ1) is 12.3. The number of hydrogen-bond acceptors (Lipinski definition) is 1. The molecule has 1 aromatic carbocycles. The number of alkyl halides is 1. The highest BCUT2D eigenvalue weighted by atomic mass is 35.5. The van der Waals surface area contributed by atoms with E-state index in [0.717, 1.165) is 5.92 Å². The van der Waals surface area contributed by atoms with Gasteiger partial charge in [-0.3, -0.25) is 0 Å². The maximum Gasteiger partial charge on any atom is 0.0474 e. The van der Waals surface area contributed by atoms with Gasteiger partial charge in [-0.1, -0.05) is 31.4 Å². The lowest BCUT2D eigenvalue weighted by atomic mass is 9.91. The molecule has 1 aromatic rings. The fourth-order valence-electron chi connectivity index (χ4n) is 2.24. The largest absolute Gasteiger partial charge is 0.126 e. The third-order valence-corrected chi connectivity index (χ3v) is 4.84. The summed E-state index contributed by atoms with van der Waals surface area (Å²) in [6.45, 7) is 0. The molecular formula is C14H19ClS. The van der Waals surface area contributed by atoms with Gasteiger partial charge in [-0.15, -0.1) is 23.4 Å². The van der Waals surface area contributed by atoms with Crippen molar-refractivity contribution in [2.24, 2.45) is 5.92 Å². The Morgan fingerprint density at radius 2 is 1.75 bits per heavy atom. The molecule has 1 aliphatic carbocycles. The molecule has 0 spiro atoms. The lowest BCUT2D eigenvalue weighted by Crippen LogP contribution is -2.08. The first-order valence-electron chi connectivity index (χ1n) is 6.16. The van der Waals surface area contributed by atoms with Crippen molar-refractivity contribution in [3.05, 3.63) is 29.8 Å². The number of rotatable bonds is 4. The van der Waals surface area contributed by atoms with Gasteiger partial charge in [-0.05, 0) is 36.5 Å². The predicted molar refractivity (Wildman–Crippen MR) is 73.3 cm³/mol. The second-order valence-electron chi connectivity index (χ2n) is 4.59. The maximum absolute atomic E-state index is 5.77. The van der Waals surface area contributed by atoms with Crippen molar-refractivity contribution in [2.75, 3.05) is 5.75 Å². The van der Waals surface area contributed by atoms with Crippen molar-refractivity contribution in [2.45, 2.75) is 42.9 Å². The summed E-state index contributed by atoms with van der Waals surface area (Å²) >= 11 is 7.77. The van der Waals surface area contributed by atoms with Crippen LogP contribution in [0.25, 0.3) is 0 Å². The third-order valence-electron chi connectivity index (χ3n) is 3.29. The van der Waals surface area contributed by atoms with E-state index in [-0.39, 0.29) is 0 Å². The molecule has 0 saturated heterocycles. The molecule has 1 saturated carbocycles. The van der Waals surface area contributed by atoms with Gasteiger partial charge in [0.05, 0.1) is 0 Å². The molecule has 16 heavy (non-hydrogen) atoms. The van der Waals surface area contributed by atoms with Crippen LogP contribution in [0.15, 0.2) is 29.2 Å². The third kappa shape index (κ3) is 3.71. The van der Waals surface area contributed by atoms with Gasteiger partial charge in [0.25, 0.3) is 0 Å². The summed E-state index contributed by atoms with van der Waals surface area (Å²) in [6.07, 6.45) is 7.21. The highest BCUT2D eigenvalue weighted by molar-refractivity contribution is 7.99. The summed E-state index contributed by atoms with van der Waals surface area (Å²) in [7, 11) is 0. The molecule has 0 N–H and O–H groups in total. The second-order valence-corrected chi connectivity index (χ2v) is 5.95. The summed E-state index contributed by atoms with van der Waals surface area (Å²) in [5.74, 6) is 2.86. The first-order valence-corrected chi connectivity index (χ1v) is 7.68. The van der Waals surface area contributed by atoms with Crippen molar-refractivity contribution in [1.29, 1.82) is 0 Å². The standard InChI is InChI=1S/C14H19ClS/c15-10-12-6-8-14(9-7-12)16-11-13-4-2-1-3-5-13/h6-9,13H,1-5,10-11H2. The van der Waals surface area contributed by atoms with Crippen molar-refractivity contribution >= 4 is 23.4 Å². The molecule has 0 atom stereocenters. The molecule has 2 rings (SSSR count). The van der Waals surface area contributed by atoms with Gasteiger partial charge < -0.3 is 0 Å². The molecule has 1 aliphatic rings. The van der Waals surface area contributed by atoms with E-state index in [1.807, 2.05) is 11.8 Å². The fraction of sp³-hybridized carbons (Fsp3) is 0.571. The Balaban J connectivity index is 1.79. The zero-order chi connectivity index (χ0) is 11.2. The SMILES string of the molecule is ClCc1ccc(SCC2CCCCC2)cc1. The number of hydrogen-bond donors (Lipinski definition) is 0. The topological polar surface area (TPSA) is 0 Å². The summed E-state index contributed by atoms with van der Waals surface area (Å²) in [5.41, 5.74) is 1.21. The quantitative estimate of drug-likeness (QED) is 0.532. The molecule has 2 heteroatoms. The van der Waals surface area contributed by atoms with E-state index in [0.29, 0.717) is 5.88 Å². The van der Waals surface area contributed by atoms with E-state index in [1.165, 1.54) is 48.3 Å². The van der Waals surface area contributed by atoms with Crippen molar-refractivity contribution in [3.8, 4) is 0 Å². The van der Waals surface area contributed by atoms with Gasteiger partial charge in [0.2, 0.25) is 0 Å². The highest BCUT2D eigenvalue weighted by Gasteiger charge is 2.13. The van der Waals surface area contributed by atoms with Crippen LogP contribution in [0.5, 0.6) is 0 Å². The number of halogens is 1. The molecule has 0 amide bonds. The van der Waals surface area contributed by atoms with E-state index in [9.17, 15) is 0 Å². The van der Waals surface area contributed by atoms with Gasteiger partial charge in [-0.2, -0.15) is 0 Å². The highest BCUT2D eigenvalue weighted by Crippen LogP contribution is 2.30. The van der Waals surface area contributed by atoms with Crippen LogP contribution in [0.1, 0.15) is 37.7 Å². The van der Waals surface area contributed by atoms with Crippen LogP contribution in [0.3, 0.4) is 0 Å². The van der Waals surface area contributed by atoms with E-state index >= 15 is 0 Å². The van der Waals surface area contributed by atoms with Crippen molar-refractivity contribution < 1.29 is 0 Å². The molecule has 0 unspecified atom stereocenters. The van der Waals surface area contributed by atoms with E-state index in [4.69, 9.17) is 11.6 Å². The molecule has 0 bridgehead atoms. The molecule has 0 nitrogen and oxygen atoms in total. The monoisotopic (exact) mass is 254 g/mol. The van der Waals surface area contributed by atoms with Crippen molar-refractivity contribution in [3.63, 3.8) is 0 Å². The molecule has 0 aliphatic heterocycles. The Morgan fingerprint density at radius 3 is 2.38 bits per heavy atom. The molecule has 0 heterocycles. The minimum absolute atomic E-state index is 0.619. The Morgan fingerprint density at radius 1 is 1.06 bits per heavy atom. The zero-order valence-electron chi connectivity index (χ0n) is 9.62. The summed E-state index contributed by atoms with van der Waals surface area (Å²) in [5, 5.41) is 0. The average Bonchev–Trinajstić information content (AvgIpc) is 2.38. The predicted octanol–water partition coefficient (Wildman–Crippen LogP) is 5.10. The van der Waals surface area contributed by atoms with Crippen LogP contribution in [0.4, 0.5) is 0 Å². The van der Waals surface area contributed by atoms with Crippen LogP contribution >= 0.6 is 23.4 Å². The lowest BCUT2D eigenvalue weighted by Gasteiger charge is -2.20. The molecule has 0 aromatic heterocycles. The lowest BCUT2D eigenvalue weighted by molar-refractivity contribution is 0.391. The molecule has 0 radical (unpaired) electrons. The first-order chi connectivity index (χ1) is 7.88. The second kappa shape index (κ2) is 6.56. The van der Waals surface area contributed by atoms with Gasteiger partial charge >= 0.3 is 0 Å². The van der Waals surface area contributed by atoms with E-state index in [2.05, 4.69) is 24.3 Å². The Hall–Kier alpha value is -0.140. The van der Waals surface area contributed by atoms with Crippen LogP contribution in [-0.4, -0.2) is 5.75 Å². The number of thioether (sulfide) groups is 1. The van der Waals surface area contributed by atoms with Gasteiger partial charge in [0, 0.05) is 16.5 Å². The normalized spacial score (nSPS) is 17.6. The van der Waals surface area contributed by atoms with Crippen molar-refractivity contribution in [1.82, 2.24) is 0 Å². The van der Waals surface area contributed by atoms with Gasteiger partial charge in [0.15, 0.2) is 0 Å². The Kier molecular flexibility index (Phi) is 5.05. The van der Waals surface area contributed by atoms with Gasteiger partial charge in [-0.25, -0.2) is 0 Å². The Bertz CT molecular complexity index is 301. The fourth-order valence-corrected chi connectivity index (χ4v) is 3.51. The molecular weight excluding hydrogens is 236 g/mol. The van der Waals surface area contributed by atoms with Gasteiger partial charge in [0.1, 0.15) is 0 Å².